The molecule has 0 aliphatic heterocycles. The lowest BCUT2D eigenvalue weighted by Crippen LogP contribution is -2.11. The summed E-state index contributed by atoms with van der Waals surface area (Å²) >= 11 is 2.62. The maximum Gasteiger partial charge on any atom is 0.273 e. The van der Waals surface area contributed by atoms with Gasteiger partial charge in [-0.15, -0.1) is 22.7 Å². The number of anilines is 1. The third-order valence-electron chi connectivity index (χ3n) is 3.33. The number of aliphatic hydroxyl groups is 1. The van der Waals surface area contributed by atoms with Crippen molar-refractivity contribution in [3.8, 4) is 0 Å². The summed E-state index contributed by atoms with van der Waals surface area (Å²) in [5, 5.41) is 9.35. The van der Waals surface area contributed by atoms with E-state index in [1.165, 1.54) is 27.6 Å². The molecule has 0 fully saturated rings. The van der Waals surface area contributed by atoms with Crippen LogP contribution in [0.3, 0.4) is 0 Å². The highest BCUT2D eigenvalue weighted by atomic mass is 32.2. The summed E-state index contributed by atoms with van der Waals surface area (Å²) in [6.45, 7) is 0.0205. The van der Waals surface area contributed by atoms with E-state index in [4.69, 9.17) is 5.11 Å². The third-order valence-corrected chi connectivity index (χ3v) is 7.51. The second kappa shape index (κ2) is 6.04. The van der Waals surface area contributed by atoms with Crippen molar-refractivity contribution in [3.63, 3.8) is 0 Å². The van der Waals surface area contributed by atoms with Gasteiger partial charge in [0.05, 0.1) is 5.69 Å². The maximum absolute atomic E-state index is 12.3. The van der Waals surface area contributed by atoms with Crippen LogP contribution in [0.5, 0.6) is 0 Å². The van der Waals surface area contributed by atoms with Crippen molar-refractivity contribution in [2.24, 2.45) is 0 Å². The SMILES string of the molecule is O=S(=O)(Nc1nc2c(s1)CCCC2)c1ccc(CCO)s1. The summed E-state index contributed by atoms with van der Waals surface area (Å²) in [5.74, 6) is 0. The zero-order chi connectivity index (χ0) is 14.9. The molecule has 3 rings (SSSR count). The Balaban J connectivity index is 1.80. The van der Waals surface area contributed by atoms with Gasteiger partial charge >= 0.3 is 0 Å². The molecule has 114 valence electrons. The number of rotatable bonds is 5. The Bertz CT molecular complexity index is 710. The number of thiazole rings is 1. The summed E-state index contributed by atoms with van der Waals surface area (Å²) in [6, 6.07) is 3.31. The first-order valence-electron chi connectivity index (χ1n) is 6.79. The number of fused-ring (bicyclic) bond motifs is 1. The Morgan fingerprint density at radius 1 is 1.24 bits per heavy atom. The van der Waals surface area contributed by atoms with Gasteiger partial charge < -0.3 is 5.11 Å². The van der Waals surface area contributed by atoms with Crippen LogP contribution >= 0.6 is 22.7 Å². The Hall–Kier alpha value is -0.960. The number of sulfonamides is 1. The fourth-order valence-electron chi connectivity index (χ4n) is 2.31. The lowest BCUT2D eigenvalue weighted by molar-refractivity contribution is 0.300. The molecule has 1 aliphatic rings. The second-order valence-electron chi connectivity index (χ2n) is 4.90. The van der Waals surface area contributed by atoms with E-state index < -0.39 is 10.0 Å². The summed E-state index contributed by atoms with van der Waals surface area (Å²) in [4.78, 5) is 6.46. The number of hydrogen-bond acceptors (Lipinski definition) is 6. The van der Waals surface area contributed by atoms with Gasteiger partial charge in [0.2, 0.25) is 0 Å². The number of nitrogens with one attached hydrogen (secondary N) is 1. The van der Waals surface area contributed by atoms with Gasteiger partial charge in [-0.1, -0.05) is 0 Å². The van der Waals surface area contributed by atoms with E-state index in [1.807, 2.05) is 0 Å². The highest BCUT2D eigenvalue weighted by molar-refractivity contribution is 7.94. The summed E-state index contributed by atoms with van der Waals surface area (Å²) in [6.07, 6.45) is 4.68. The zero-order valence-corrected chi connectivity index (χ0v) is 13.8. The number of hydrogen-bond donors (Lipinski definition) is 2. The molecule has 0 unspecified atom stereocenters. The standard InChI is InChI=1S/C13H16N2O3S3/c16-8-7-9-5-6-12(19-9)21(17,18)15-13-14-10-3-1-2-4-11(10)20-13/h5-6,16H,1-4,7-8H2,(H,14,15). The van der Waals surface area contributed by atoms with Crippen molar-refractivity contribution in [2.45, 2.75) is 36.3 Å². The molecule has 0 aromatic carbocycles. The van der Waals surface area contributed by atoms with Gasteiger partial charge in [-0.3, -0.25) is 4.72 Å². The quantitative estimate of drug-likeness (QED) is 0.873. The van der Waals surface area contributed by atoms with Gasteiger partial charge in [-0.2, -0.15) is 0 Å². The van der Waals surface area contributed by atoms with Crippen LogP contribution in [0.4, 0.5) is 5.13 Å². The van der Waals surface area contributed by atoms with Crippen LogP contribution in [0.15, 0.2) is 16.3 Å². The van der Waals surface area contributed by atoms with Crippen LogP contribution in [0.1, 0.15) is 28.3 Å². The molecule has 0 saturated carbocycles. The minimum absolute atomic E-state index is 0.0205. The summed E-state index contributed by atoms with van der Waals surface area (Å²) < 4.78 is 27.5. The fraction of sp³-hybridized carbons (Fsp3) is 0.462. The normalized spacial score (nSPS) is 14.9. The molecule has 5 nitrogen and oxygen atoms in total. The Morgan fingerprint density at radius 2 is 2.05 bits per heavy atom. The van der Waals surface area contributed by atoms with Crippen molar-refractivity contribution >= 4 is 37.8 Å². The Labute approximate surface area is 131 Å². The molecule has 0 bridgehead atoms. The van der Waals surface area contributed by atoms with E-state index in [2.05, 4.69) is 9.71 Å². The first-order valence-corrected chi connectivity index (χ1v) is 9.91. The predicted molar refractivity (Wildman–Crippen MR) is 84.7 cm³/mol. The summed E-state index contributed by atoms with van der Waals surface area (Å²) in [5.41, 5.74) is 1.04. The molecular weight excluding hydrogens is 328 g/mol. The van der Waals surface area contributed by atoms with Crippen molar-refractivity contribution in [2.75, 3.05) is 11.3 Å². The average Bonchev–Trinajstić information content (AvgIpc) is 3.04. The van der Waals surface area contributed by atoms with Gasteiger partial charge in [0.25, 0.3) is 10.0 Å². The van der Waals surface area contributed by atoms with Crippen molar-refractivity contribution in [3.05, 3.63) is 27.6 Å². The van der Waals surface area contributed by atoms with Crippen LogP contribution in [0.2, 0.25) is 0 Å². The smallest absolute Gasteiger partial charge is 0.273 e. The van der Waals surface area contributed by atoms with Crippen LogP contribution in [-0.4, -0.2) is 25.1 Å². The Morgan fingerprint density at radius 3 is 2.81 bits per heavy atom. The van der Waals surface area contributed by atoms with Gasteiger partial charge in [0, 0.05) is 22.8 Å². The van der Waals surface area contributed by atoms with Crippen LogP contribution in [0, 0.1) is 0 Å². The third kappa shape index (κ3) is 3.28. The highest BCUT2D eigenvalue weighted by Gasteiger charge is 2.21. The van der Waals surface area contributed by atoms with E-state index in [-0.39, 0.29) is 10.8 Å². The van der Waals surface area contributed by atoms with Crippen LogP contribution in [0.25, 0.3) is 0 Å². The minimum Gasteiger partial charge on any atom is -0.396 e. The molecule has 0 spiro atoms. The molecular formula is C13H16N2O3S3. The van der Waals surface area contributed by atoms with Crippen LogP contribution < -0.4 is 4.72 Å². The lowest BCUT2D eigenvalue weighted by Gasteiger charge is -2.06. The van der Waals surface area contributed by atoms with Gasteiger partial charge in [0.15, 0.2) is 5.13 Å². The van der Waals surface area contributed by atoms with E-state index >= 15 is 0 Å². The molecule has 0 radical (unpaired) electrons. The number of thiophene rings is 1. The molecule has 0 saturated heterocycles. The first-order chi connectivity index (χ1) is 10.1. The van der Waals surface area contributed by atoms with Gasteiger partial charge in [0.1, 0.15) is 4.21 Å². The van der Waals surface area contributed by atoms with Crippen molar-refractivity contribution in [1.82, 2.24) is 4.98 Å². The number of nitrogens with zero attached hydrogens (tertiary/aromatic N) is 1. The molecule has 0 atom stereocenters. The maximum atomic E-state index is 12.3. The Kier molecular flexibility index (Phi) is 4.30. The minimum atomic E-state index is -3.58. The number of aryl methyl sites for hydroxylation is 2. The largest absolute Gasteiger partial charge is 0.396 e. The van der Waals surface area contributed by atoms with Gasteiger partial charge in [-0.05, 0) is 37.8 Å². The predicted octanol–water partition coefficient (Wildman–Crippen LogP) is 2.42. The fourth-order valence-corrected chi connectivity index (χ4v) is 5.94. The lowest BCUT2D eigenvalue weighted by atomic mass is 10.0. The highest BCUT2D eigenvalue weighted by Crippen LogP contribution is 2.31. The van der Waals surface area contributed by atoms with E-state index in [9.17, 15) is 8.42 Å². The molecule has 2 heterocycles. The molecule has 2 aromatic rings. The van der Waals surface area contributed by atoms with E-state index in [0.29, 0.717) is 11.6 Å². The van der Waals surface area contributed by atoms with Crippen LogP contribution in [-0.2, 0) is 29.3 Å². The van der Waals surface area contributed by atoms with Gasteiger partial charge in [-0.25, -0.2) is 13.4 Å². The second-order valence-corrected chi connectivity index (χ2v) is 9.06. The molecule has 2 N–H and O–H groups in total. The van der Waals surface area contributed by atoms with E-state index in [0.717, 1.165) is 36.3 Å². The van der Waals surface area contributed by atoms with Crippen molar-refractivity contribution < 1.29 is 13.5 Å². The molecule has 0 amide bonds. The molecule has 21 heavy (non-hydrogen) atoms. The zero-order valence-electron chi connectivity index (χ0n) is 11.3. The topological polar surface area (TPSA) is 79.3 Å². The molecule has 2 aromatic heterocycles. The van der Waals surface area contributed by atoms with Crippen molar-refractivity contribution in [1.29, 1.82) is 0 Å². The average molecular weight is 344 g/mol. The number of aromatic nitrogens is 1. The first kappa shape index (κ1) is 15.0. The van der Waals surface area contributed by atoms with E-state index in [1.54, 1.807) is 12.1 Å². The number of aliphatic hydroxyl groups excluding tert-OH is 1. The monoisotopic (exact) mass is 344 g/mol. The molecule has 8 heteroatoms. The summed E-state index contributed by atoms with van der Waals surface area (Å²) in [7, 11) is -3.58. The molecule has 1 aliphatic carbocycles.